The summed E-state index contributed by atoms with van der Waals surface area (Å²) in [6.07, 6.45) is 3.45. The lowest BCUT2D eigenvalue weighted by atomic mass is 10.1. The Labute approximate surface area is 128 Å². The van der Waals surface area contributed by atoms with Crippen LogP contribution < -0.4 is 11.1 Å². The molecular formula is C16H19N3O3. The van der Waals surface area contributed by atoms with Crippen molar-refractivity contribution in [3.8, 4) is 0 Å². The lowest BCUT2D eigenvalue weighted by molar-refractivity contribution is 0.0853. The first-order valence-electron chi connectivity index (χ1n) is 7.40. The van der Waals surface area contributed by atoms with Crippen molar-refractivity contribution in [2.75, 3.05) is 13.2 Å². The minimum absolute atomic E-state index is 0.0990. The summed E-state index contributed by atoms with van der Waals surface area (Å²) in [5, 5.41) is 2.81. The maximum absolute atomic E-state index is 12.0. The molecule has 22 heavy (non-hydrogen) atoms. The highest BCUT2D eigenvalue weighted by Crippen LogP contribution is 2.18. The van der Waals surface area contributed by atoms with Gasteiger partial charge in [-0.2, -0.15) is 0 Å². The largest absolute Gasteiger partial charge is 0.446 e. The van der Waals surface area contributed by atoms with Gasteiger partial charge in [-0.3, -0.25) is 4.79 Å². The number of amides is 1. The van der Waals surface area contributed by atoms with E-state index in [-0.39, 0.29) is 17.7 Å². The Bertz CT molecular complexity index is 621. The summed E-state index contributed by atoms with van der Waals surface area (Å²) in [6, 6.07) is 9.01. The molecular weight excluding hydrogens is 282 g/mol. The molecule has 1 aromatic carbocycles. The molecule has 6 heteroatoms. The zero-order valence-corrected chi connectivity index (χ0v) is 12.2. The number of nitrogens with one attached hydrogen (secondary N) is 1. The number of carbonyl (C=O) groups excluding carboxylic acids is 1. The third-order valence-corrected chi connectivity index (χ3v) is 3.69. The maximum Gasteiger partial charge on any atom is 0.273 e. The fraction of sp³-hybridized carbons (Fsp3) is 0.375. The number of benzene rings is 1. The second-order valence-corrected chi connectivity index (χ2v) is 5.30. The topological polar surface area (TPSA) is 90.4 Å². The van der Waals surface area contributed by atoms with Crippen LogP contribution in [0.1, 0.15) is 40.8 Å². The quantitative estimate of drug-likeness (QED) is 0.876. The normalized spacial score (nSPS) is 19.0. The van der Waals surface area contributed by atoms with Crippen LogP contribution in [0.5, 0.6) is 0 Å². The first kappa shape index (κ1) is 14.7. The van der Waals surface area contributed by atoms with E-state index in [2.05, 4.69) is 10.3 Å². The molecule has 3 rings (SSSR count). The highest BCUT2D eigenvalue weighted by molar-refractivity contribution is 5.91. The van der Waals surface area contributed by atoms with Gasteiger partial charge in [0.1, 0.15) is 12.3 Å². The predicted octanol–water partition coefficient (Wildman–Crippen LogP) is 1.63. The zero-order valence-electron chi connectivity index (χ0n) is 12.2. The van der Waals surface area contributed by atoms with E-state index in [1.54, 1.807) is 0 Å². The molecule has 0 aliphatic carbocycles. The molecule has 0 bridgehead atoms. The average Bonchev–Trinajstić information content (AvgIpc) is 3.24. The van der Waals surface area contributed by atoms with Gasteiger partial charge in [0, 0.05) is 13.2 Å². The molecule has 1 aliphatic heterocycles. The lowest BCUT2D eigenvalue weighted by Crippen LogP contribution is -2.32. The summed E-state index contributed by atoms with van der Waals surface area (Å²) in [5.74, 6) is 0.0548. The van der Waals surface area contributed by atoms with Gasteiger partial charge in [-0.1, -0.05) is 30.3 Å². The standard InChI is InChI=1S/C16H19N3O3/c17-14(11-5-2-1-3-6-11)16-19-13(10-22-16)15(20)18-9-12-7-4-8-21-12/h1-3,5-6,10,12,14H,4,7-9,17H2,(H,18,20). The third kappa shape index (κ3) is 3.35. The van der Waals surface area contributed by atoms with Gasteiger partial charge in [0.2, 0.25) is 5.89 Å². The number of oxazole rings is 1. The second kappa shape index (κ2) is 6.72. The van der Waals surface area contributed by atoms with Crippen molar-refractivity contribution < 1.29 is 13.9 Å². The first-order valence-corrected chi connectivity index (χ1v) is 7.40. The molecule has 2 atom stereocenters. The second-order valence-electron chi connectivity index (χ2n) is 5.30. The van der Waals surface area contributed by atoms with Gasteiger partial charge in [-0.15, -0.1) is 0 Å². The van der Waals surface area contributed by atoms with Crippen LogP contribution in [-0.2, 0) is 4.74 Å². The van der Waals surface area contributed by atoms with Crippen LogP contribution in [0, 0.1) is 0 Å². The van der Waals surface area contributed by atoms with E-state index in [1.165, 1.54) is 6.26 Å². The maximum atomic E-state index is 12.0. The van der Waals surface area contributed by atoms with Crippen molar-refractivity contribution in [3.05, 3.63) is 53.7 Å². The van der Waals surface area contributed by atoms with Crippen molar-refractivity contribution in [1.29, 1.82) is 0 Å². The molecule has 0 spiro atoms. The Morgan fingerprint density at radius 3 is 2.95 bits per heavy atom. The molecule has 1 aromatic heterocycles. The van der Waals surface area contributed by atoms with Crippen LogP contribution in [0.2, 0.25) is 0 Å². The van der Waals surface area contributed by atoms with E-state index in [0.29, 0.717) is 12.4 Å². The highest BCUT2D eigenvalue weighted by atomic mass is 16.5. The molecule has 116 valence electrons. The molecule has 1 fully saturated rings. The zero-order chi connectivity index (χ0) is 15.4. The molecule has 2 heterocycles. The van der Waals surface area contributed by atoms with Crippen molar-refractivity contribution in [2.24, 2.45) is 5.73 Å². The predicted molar refractivity (Wildman–Crippen MR) is 80.3 cm³/mol. The van der Waals surface area contributed by atoms with E-state index in [4.69, 9.17) is 14.9 Å². The van der Waals surface area contributed by atoms with Crippen molar-refractivity contribution in [3.63, 3.8) is 0 Å². The van der Waals surface area contributed by atoms with Gasteiger partial charge in [-0.05, 0) is 18.4 Å². The smallest absolute Gasteiger partial charge is 0.273 e. The van der Waals surface area contributed by atoms with E-state index >= 15 is 0 Å². The summed E-state index contributed by atoms with van der Waals surface area (Å²) >= 11 is 0. The summed E-state index contributed by atoms with van der Waals surface area (Å²) in [7, 11) is 0. The van der Waals surface area contributed by atoms with Gasteiger partial charge in [0.25, 0.3) is 5.91 Å². The monoisotopic (exact) mass is 301 g/mol. The fourth-order valence-electron chi connectivity index (χ4n) is 2.44. The minimum Gasteiger partial charge on any atom is -0.446 e. The number of ether oxygens (including phenoxy) is 1. The van der Waals surface area contributed by atoms with Gasteiger partial charge >= 0.3 is 0 Å². The number of hydrogen-bond donors (Lipinski definition) is 2. The van der Waals surface area contributed by atoms with Crippen LogP contribution in [0.25, 0.3) is 0 Å². The molecule has 0 radical (unpaired) electrons. The third-order valence-electron chi connectivity index (χ3n) is 3.69. The summed E-state index contributed by atoms with van der Waals surface area (Å²) in [4.78, 5) is 16.2. The van der Waals surface area contributed by atoms with Gasteiger partial charge in [-0.25, -0.2) is 4.98 Å². The number of nitrogens with two attached hydrogens (primary N) is 1. The van der Waals surface area contributed by atoms with Gasteiger partial charge in [0.15, 0.2) is 5.69 Å². The molecule has 2 aromatic rings. The molecule has 1 saturated heterocycles. The number of nitrogens with zero attached hydrogens (tertiary/aromatic N) is 1. The SMILES string of the molecule is NC(c1ccccc1)c1nc(C(=O)NCC2CCCO2)co1. The minimum atomic E-state index is -0.485. The van der Waals surface area contributed by atoms with Gasteiger partial charge < -0.3 is 20.2 Å². The fourth-order valence-corrected chi connectivity index (χ4v) is 2.44. The summed E-state index contributed by atoms with van der Waals surface area (Å²) in [5.41, 5.74) is 7.22. The van der Waals surface area contributed by atoms with Crippen LogP contribution in [0.4, 0.5) is 0 Å². The lowest BCUT2D eigenvalue weighted by Gasteiger charge is -2.09. The van der Waals surface area contributed by atoms with Gasteiger partial charge in [0.05, 0.1) is 6.10 Å². The van der Waals surface area contributed by atoms with Crippen LogP contribution in [-0.4, -0.2) is 30.1 Å². The highest BCUT2D eigenvalue weighted by Gasteiger charge is 2.20. The molecule has 0 saturated carbocycles. The Kier molecular flexibility index (Phi) is 4.50. The summed E-state index contributed by atoms with van der Waals surface area (Å²) in [6.45, 7) is 1.26. The first-order chi connectivity index (χ1) is 10.7. The van der Waals surface area contributed by atoms with E-state index < -0.39 is 6.04 Å². The van der Waals surface area contributed by atoms with Crippen LogP contribution >= 0.6 is 0 Å². The average molecular weight is 301 g/mol. The molecule has 1 aliphatic rings. The molecule has 6 nitrogen and oxygen atoms in total. The van der Waals surface area contributed by atoms with Crippen LogP contribution in [0.15, 0.2) is 41.0 Å². The number of aromatic nitrogens is 1. The van der Waals surface area contributed by atoms with Crippen molar-refractivity contribution in [1.82, 2.24) is 10.3 Å². The van der Waals surface area contributed by atoms with E-state index in [1.807, 2.05) is 30.3 Å². The Morgan fingerprint density at radius 1 is 1.41 bits per heavy atom. The van der Waals surface area contributed by atoms with Crippen LogP contribution in [0.3, 0.4) is 0 Å². The number of hydrogen-bond acceptors (Lipinski definition) is 5. The molecule has 1 amide bonds. The Hall–Kier alpha value is -2.18. The molecule has 3 N–H and O–H groups in total. The number of carbonyl (C=O) groups is 1. The molecule has 2 unspecified atom stereocenters. The van der Waals surface area contributed by atoms with E-state index in [0.717, 1.165) is 25.0 Å². The van der Waals surface area contributed by atoms with E-state index in [9.17, 15) is 4.79 Å². The number of rotatable bonds is 5. The van der Waals surface area contributed by atoms with Crippen molar-refractivity contribution >= 4 is 5.91 Å². The Balaban J connectivity index is 1.61. The van der Waals surface area contributed by atoms with Crippen molar-refractivity contribution in [2.45, 2.75) is 25.0 Å². The summed E-state index contributed by atoms with van der Waals surface area (Å²) < 4.78 is 10.8. The Morgan fingerprint density at radius 2 is 2.23 bits per heavy atom.